The number of nitrogens with zero attached hydrogens (tertiary/aromatic N) is 4. The Labute approximate surface area is 165 Å². The number of rotatable bonds is 7. The SMILES string of the molecule is C=CCNC(=O)CN1CCN(Cn2cc(-c3ccccc3)n(C)c2=S)CC1. The van der Waals surface area contributed by atoms with Crippen LogP contribution < -0.4 is 5.32 Å². The summed E-state index contributed by atoms with van der Waals surface area (Å²) in [5.41, 5.74) is 2.29. The smallest absolute Gasteiger partial charge is 0.234 e. The molecule has 7 heteroatoms. The zero-order chi connectivity index (χ0) is 19.2. The third-order valence-electron chi connectivity index (χ3n) is 4.87. The van der Waals surface area contributed by atoms with E-state index in [9.17, 15) is 4.79 Å². The predicted octanol–water partition coefficient (Wildman–Crippen LogP) is 2.10. The van der Waals surface area contributed by atoms with Gasteiger partial charge in [0.2, 0.25) is 5.91 Å². The van der Waals surface area contributed by atoms with E-state index in [1.165, 1.54) is 5.56 Å². The topological polar surface area (TPSA) is 45.4 Å². The molecule has 0 atom stereocenters. The molecule has 0 saturated carbocycles. The van der Waals surface area contributed by atoms with E-state index in [2.05, 4.69) is 49.2 Å². The summed E-state index contributed by atoms with van der Waals surface area (Å²) in [6.45, 7) is 8.97. The van der Waals surface area contributed by atoms with Gasteiger partial charge >= 0.3 is 0 Å². The molecule has 0 unspecified atom stereocenters. The van der Waals surface area contributed by atoms with Crippen molar-refractivity contribution in [1.29, 1.82) is 0 Å². The minimum absolute atomic E-state index is 0.0566. The quantitative estimate of drug-likeness (QED) is 0.586. The van der Waals surface area contributed by atoms with Gasteiger partial charge in [0.25, 0.3) is 0 Å². The Balaban J connectivity index is 1.57. The maximum atomic E-state index is 11.8. The molecule has 1 aromatic carbocycles. The Hall–Kier alpha value is -2.22. The highest BCUT2D eigenvalue weighted by atomic mass is 32.1. The second-order valence-corrected chi connectivity index (χ2v) is 7.19. The molecule has 1 saturated heterocycles. The number of amides is 1. The molecular formula is C20H27N5OS. The van der Waals surface area contributed by atoms with Gasteiger partial charge in [-0.3, -0.25) is 14.6 Å². The van der Waals surface area contributed by atoms with Crippen LogP contribution in [-0.2, 0) is 18.5 Å². The molecule has 2 aromatic rings. The van der Waals surface area contributed by atoms with E-state index in [0.29, 0.717) is 13.1 Å². The summed E-state index contributed by atoms with van der Waals surface area (Å²) >= 11 is 5.63. The van der Waals surface area contributed by atoms with Gasteiger partial charge < -0.3 is 14.5 Å². The van der Waals surface area contributed by atoms with E-state index in [4.69, 9.17) is 12.2 Å². The third-order valence-corrected chi connectivity index (χ3v) is 5.38. The van der Waals surface area contributed by atoms with Crippen molar-refractivity contribution in [3.63, 3.8) is 0 Å². The summed E-state index contributed by atoms with van der Waals surface area (Å²) in [5.74, 6) is 0.0566. The first kappa shape index (κ1) is 19.5. The van der Waals surface area contributed by atoms with E-state index in [0.717, 1.165) is 43.3 Å². The molecule has 6 nitrogen and oxygen atoms in total. The summed E-state index contributed by atoms with van der Waals surface area (Å²) in [4.78, 5) is 16.4. The molecule has 144 valence electrons. The Bertz CT molecular complexity index is 834. The molecule has 0 bridgehead atoms. The van der Waals surface area contributed by atoms with E-state index < -0.39 is 0 Å². The molecule has 0 aliphatic carbocycles. The summed E-state index contributed by atoms with van der Waals surface area (Å²) in [6.07, 6.45) is 3.83. The highest BCUT2D eigenvalue weighted by Crippen LogP contribution is 2.20. The molecule has 27 heavy (non-hydrogen) atoms. The molecule has 0 spiro atoms. The summed E-state index contributed by atoms with van der Waals surface area (Å²) in [7, 11) is 2.01. The largest absolute Gasteiger partial charge is 0.352 e. The monoisotopic (exact) mass is 385 g/mol. The van der Waals surface area contributed by atoms with Crippen LogP contribution in [0.2, 0.25) is 0 Å². The first-order valence-corrected chi connectivity index (χ1v) is 9.63. The van der Waals surface area contributed by atoms with Crippen LogP contribution in [0, 0.1) is 4.77 Å². The summed E-state index contributed by atoms with van der Waals surface area (Å²) in [6, 6.07) is 10.3. The van der Waals surface area contributed by atoms with Crippen molar-refractivity contribution in [1.82, 2.24) is 24.3 Å². The number of aromatic nitrogens is 2. The second-order valence-electron chi connectivity index (χ2n) is 6.82. The minimum atomic E-state index is 0.0566. The number of carbonyl (C=O) groups excluding carboxylic acids is 1. The zero-order valence-corrected chi connectivity index (χ0v) is 16.6. The van der Waals surface area contributed by atoms with Gasteiger partial charge in [0, 0.05) is 46.0 Å². The number of piperazine rings is 1. The molecule has 1 aliphatic heterocycles. The Morgan fingerprint density at radius 3 is 2.52 bits per heavy atom. The maximum absolute atomic E-state index is 11.8. The number of hydrogen-bond acceptors (Lipinski definition) is 4. The lowest BCUT2D eigenvalue weighted by molar-refractivity contribution is -0.122. The van der Waals surface area contributed by atoms with Crippen LogP contribution in [0.1, 0.15) is 0 Å². The molecule has 1 fully saturated rings. The van der Waals surface area contributed by atoms with Crippen LogP contribution in [-0.4, -0.2) is 64.1 Å². The van der Waals surface area contributed by atoms with Gasteiger partial charge in [-0.15, -0.1) is 6.58 Å². The van der Waals surface area contributed by atoms with Gasteiger partial charge in [-0.2, -0.15) is 0 Å². The van der Waals surface area contributed by atoms with Gasteiger partial charge in [0.1, 0.15) is 0 Å². The van der Waals surface area contributed by atoms with Crippen molar-refractivity contribution in [3.05, 3.63) is 54.0 Å². The Kier molecular flexibility index (Phi) is 6.60. The lowest BCUT2D eigenvalue weighted by atomic mass is 10.2. The number of carbonyl (C=O) groups is 1. The van der Waals surface area contributed by atoms with Gasteiger partial charge in [0.15, 0.2) is 4.77 Å². The van der Waals surface area contributed by atoms with Crippen LogP contribution in [0.15, 0.2) is 49.2 Å². The fourth-order valence-electron chi connectivity index (χ4n) is 3.31. The standard InChI is InChI=1S/C20H27N5OS/c1-3-9-21-19(26)15-23-10-12-24(13-11-23)16-25-14-18(22(2)20(25)27)17-7-5-4-6-8-17/h3-8,14H,1,9-13,15-16H2,2H3,(H,21,26). The van der Waals surface area contributed by atoms with E-state index >= 15 is 0 Å². The minimum Gasteiger partial charge on any atom is -0.352 e. The van der Waals surface area contributed by atoms with E-state index in [-0.39, 0.29) is 5.91 Å². The first-order chi connectivity index (χ1) is 13.1. The molecule has 1 N–H and O–H groups in total. The van der Waals surface area contributed by atoms with E-state index in [1.807, 2.05) is 25.2 Å². The van der Waals surface area contributed by atoms with E-state index in [1.54, 1.807) is 6.08 Å². The van der Waals surface area contributed by atoms with Crippen molar-refractivity contribution in [3.8, 4) is 11.3 Å². The fourth-order valence-corrected chi connectivity index (χ4v) is 3.52. The third kappa shape index (κ3) is 4.94. The van der Waals surface area contributed by atoms with Crippen LogP contribution >= 0.6 is 12.2 Å². The van der Waals surface area contributed by atoms with Crippen LogP contribution in [0.3, 0.4) is 0 Å². The van der Waals surface area contributed by atoms with Crippen molar-refractivity contribution in [2.45, 2.75) is 6.67 Å². The molecular weight excluding hydrogens is 358 g/mol. The normalized spacial score (nSPS) is 15.6. The molecule has 0 radical (unpaired) electrons. The molecule has 2 heterocycles. The lowest BCUT2D eigenvalue weighted by Gasteiger charge is -2.34. The molecule has 3 rings (SSSR count). The fraction of sp³-hybridized carbons (Fsp3) is 0.400. The van der Waals surface area contributed by atoms with Gasteiger partial charge in [0.05, 0.1) is 18.9 Å². The van der Waals surface area contributed by atoms with Gasteiger partial charge in [-0.05, 0) is 17.8 Å². The second kappa shape index (κ2) is 9.12. The van der Waals surface area contributed by atoms with Crippen molar-refractivity contribution < 1.29 is 4.79 Å². The van der Waals surface area contributed by atoms with Crippen molar-refractivity contribution >= 4 is 18.1 Å². The Morgan fingerprint density at radius 2 is 1.85 bits per heavy atom. The highest BCUT2D eigenvalue weighted by molar-refractivity contribution is 7.71. The lowest BCUT2D eigenvalue weighted by Crippen LogP contribution is -2.49. The number of imidazole rings is 1. The first-order valence-electron chi connectivity index (χ1n) is 9.22. The number of benzene rings is 1. The van der Waals surface area contributed by atoms with Crippen molar-refractivity contribution in [2.75, 3.05) is 39.3 Å². The summed E-state index contributed by atoms with van der Waals surface area (Å²) < 4.78 is 5.01. The van der Waals surface area contributed by atoms with Gasteiger partial charge in [-0.1, -0.05) is 36.4 Å². The average Bonchev–Trinajstić information content (AvgIpc) is 2.97. The number of hydrogen-bond donors (Lipinski definition) is 1. The zero-order valence-electron chi connectivity index (χ0n) is 15.8. The molecule has 1 amide bonds. The molecule has 1 aliphatic rings. The number of nitrogens with one attached hydrogen (secondary N) is 1. The maximum Gasteiger partial charge on any atom is 0.234 e. The van der Waals surface area contributed by atoms with Crippen LogP contribution in [0.5, 0.6) is 0 Å². The highest BCUT2D eigenvalue weighted by Gasteiger charge is 2.19. The average molecular weight is 386 g/mol. The summed E-state index contributed by atoms with van der Waals surface area (Å²) in [5, 5.41) is 2.83. The van der Waals surface area contributed by atoms with Crippen LogP contribution in [0.4, 0.5) is 0 Å². The van der Waals surface area contributed by atoms with Crippen molar-refractivity contribution in [2.24, 2.45) is 7.05 Å². The predicted molar refractivity (Wildman–Crippen MR) is 111 cm³/mol. The van der Waals surface area contributed by atoms with Crippen LogP contribution in [0.25, 0.3) is 11.3 Å². The Morgan fingerprint density at radius 1 is 1.19 bits per heavy atom. The molecule has 1 aromatic heterocycles. The van der Waals surface area contributed by atoms with Gasteiger partial charge in [-0.25, -0.2) is 0 Å².